The van der Waals surface area contributed by atoms with Crippen LogP contribution >= 0.6 is 11.6 Å². The van der Waals surface area contributed by atoms with E-state index in [-0.39, 0.29) is 28.9 Å². The standard InChI is InChI=1S/C37H48ClN3O7S/c1-36(2)35(42)39-49(43,44)29-10-13-34-32(19-29)41(23-37(24-47-34)14-4-6-25-18-27(38)9-12-31(25)37)20-26-8-11-30(26)33(7-5-16-48-36)46-17-15-40-21-28(22-40)45-3/h5,7,9-10,12-13,18-19,26,28,30,33H,4,6,8,11,14-17,20-24H2,1-3H3,(H,39,42)/b7-5+/t26-,30+,33-,37-/m0/s1. The lowest BCUT2D eigenvalue weighted by molar-refractivity contribution is -0.139. The maximum atomic E-state index is 13.6. The fourth-order valence-electron chi connectivity index (χ4n) is 8.11. The van der Waals surface area contributed by atoms with Gasteiger partial charge in [0.1, 0.15) is 11.4 Å². The number of anilines is 1. The number of sulfonamides is 1. The number of amides is 1. The van der Waals surface area contributed by atoms with Gasteiger partial charge >= 0.3 is 0 Å². The summed E-state index contributed by atoms with van der Waals surface area (Å²) in [6, 6.07) is 11.1. The van der Waals surface area contributed by atoms with Crippen LogP contribution in [-0.2, 0) is 40.9 Å². The molecule has 2 fully saturated rings. The highest BCUT2D eigenvalue weighted by molar-refractivity contribution is 7.90. The van der Waals surface area contributed by atoms with Crippen molar-refractivity contribution in [1.82, 2.24) is 9.62 Å². The Morgan fingerprint density at radius 1 is 1.10 bits per heavy atom. The van der Waals surface area contributed by atoms with E-state index in [0.717, 1.165) is 69.0 Å². The molecule has 0 unspecified atom stereocenters. The van der Waals surface area contributed by atoms with E-state index in [9.17, 15) is 13.2 Å². The Morgan fingerprint density at radius 3 is 2.71 bits per heavy atom. The van der Waals surface area contributed by atoms with Gasteiger partial charge in [0.2, 0.25) is 0 Å². The van der Waals surface area contributed by atoms with Crippen molar-refractivity contribution >= 4 is 33.2 Å². The highest BCUT2D eigenvalue weighted by atomic mass is 35.5. The highest BCUT2D eigenvalue weighted by Crippen LogP contribution is 2.47. The Kier molecular flexibility index (Phi) is 9.79. The van der Waals surface area contributed by atoms with E-state index < -0.39 is 21.5 Å². The molecule has 2 bridgehead atoms. The first-order valence-electron chi connectivity index (χ1n) is 17.5. The van der Waals surface area contributed by atoms with E-state index in [0.29, 0.717) is 37.5 Å². The lowest BCUT2D eigenvalue weighted by Gasteiger charge is -2.46. The molecule has 0 radical (unpaired) electrons. The molecule has 266 valence electrons. The normalized spacial score (nSPS) is 30.5. The molecule has 1 saturated carbocycles. The number of hydrogen-bond acceptors (Lipinski definition) is 9. The van der Waals surface area contributed by atoms with Gasteiger partial charge in [-0.05, 0) is 99.2 Å². The van der Waals surface area contributed by atoms with Crippen LogP contribution in [0.15, 0.2) is 53.4 Å². The molecule has 2 aromatic rings. The Balaban J connectivity index is 1.23. The van der Waals surface area contributed by atoms with Crippen LogP contribution in [0.5, 0.6) is 5.75 Å². The van der Waals surface area contributed by atoms with E-state index >= 15 is 0 Å². The van der Waals surface area contributed by atoms with E-state index in [1.54, 1.807) is 33.1 Å². The summed E-state index contributed by atoms with van der Waals surface area (Å²) < 4.78 is 54.1. The fourth-order valence-corrected chi connectivity index (χ4v) is 9.42. The molecule has 5 aliphatic rings. The molecule has 1 saturated heterocycles. The first kappa shape index (κ1) is 34.8. The van der Waals surface area contributed by atoms with Crippen molar-refractivity contribution in [1.29, 1.82) is 0 Å². The summed E-state index contributed by atoms with van der Waals surface area (Å²) in [7, 11) is -2.44. The predicted molar refractivity (Wildman–Crippen MR) is 188 cm³/mol. The van der Waals surface area contributed by atoms with Crippen molar-refractivity contribution in [2.75, 3.05) is 64.6 Å². The number of nitrogens with one attached hydrogen (secondary N) is 1. The summed E-state index contributed by atoms with van der Waals surface area (Å²) in [5.74, 6) is 0.498. The number of likely N-dealkylation sites (tertiary alicyclic amines) is 1. The zero-order valence-corrected chi connectivity index (χ0v) is 30.2. The van der Waals surface area contributed by atoms with Crippen LogP contribution in [0.1, 0.15) is 50.7 Å². The monoisotopic (exact) mass is 713 g/mol. The molecule has 10 nitrogen and oxygen atoms in total. The summed E-state index contributed by atoms with van der Waals surface area (Å²) in [4.78, 5) is 18.0. The second-order valence-electron chi connectivity index (χ2n) is 14.9. The summed E-state index contributed by atoms with van der Waals surface area (Å²) >= 11 is 6.45. The first-order chi connectivity index (χ1) is 23.5. The van der Waals surface area contributed by atoms with Crippen LogP contribution in [0.3, 0.4) is 0 Å². The average Bonchev–Trinajstić information content (AvgIpc) is 3.18. The van der Waals surface area contributed by atoms with Crippen molar-refractivity contribution in [3.8, 4) is 5.75 Å². The number of ether oxygens (including phenoxy) is 4. The number of fused-ring (bicyclic) bond motifs is 4. The Bertz CT molecular complexity index is 1690. The van der Waals surface area contributed by atoms with Gasteiger partial charge in [0.25, 0.3) is 15.9 Å². The molecule has 3 aliphatic heterocycles. The third-order valence-corrected chi connectivity index (χ3v) is 12.9. The third-order valence-electron chi connectivity index (χ3n) is 11.3. The molecule has 4 atom stereocenters. The largest absolute Gasteiger partial charge is 0.490 e. The molecule has 1 amide bonds. The maximum Gasteiger partial charge on any atom is 0.265 e. The molecule has 1 spiro atoms. The number of carbonyl (C=O) groups is 1. The van der Waals surface area contributed by atoms with E-state index in [2.05, 4.69) is 32.7 Å². The Morgan fingerprint density at radius 2 is 1.94 bits per heavy atom. The van der Waals surface area contributed by atoms with Gasteiger partial charge < -0.3 is 23.8 Å². The first-order valence-corrected chi connectivity index (χ1v) is 19.4. The number of halogens is 1. The Hall–Kier alpha value is -2.67. The number of carbonyl (C=O) groups excluding carboxylic acids is 1. The number of aryl methyl sites for hydroxylation is 1. The number of methoxy groups -OCH3 is 1. The van der Waals surface area contributed by atoms with Gasteiger partial charge in [-0.2, -0.15) is 0 Å². The molecule has 12 heteroatoms. The van der Waals surface area contributed by atoms with Crippen molar-refractivity contribution in [2.45, 2.75) is 74.1 Å². The van der Waals surface area contributed by atoms with Gasteiger partial charge in [0.05, 0.1) is 42.6 Å². The highest BCUT2D eigenvalue weighted by Gasteiger charge is 2.45. The average molecular weight is 714 g/mol. The van der Waals surface area contributed by atoms with E-state index in [4.69, 9.17) is 30.5 Å². The zero-order valence-electron chi connectivity index (χ0n) is 28.7. The van der Waals surface area contributed by atoms with Crippen LogP contribution in [0.4, 0.5) is 5.69 Å². The van der Waals surface area contributed by atoms with Gasteiger partial charge in [-0.1, -0.05) is 29.8 Å². The zero-order chi connectivity index (χ0) is 34.4. The summed E-state index contributed by atoms with van der Waals surface area (Å²) in [6.07, 6.45) is 9.15. The second-order valence-corrected chi connectivity index (χ2v) is 17.0. The number of benzene rings is 2. The minimum Gasteiger partial charge on any atom is -0.490 e. The van der Waals surface area contributed by atoms with Gasteiger partial charge in [-0.3, -0.25) is 9.69 Å². The molecule has 0 aromatic heterocycles. The third kappa shape index (κ3) is 7.12. The van der Waals surface area contributed by atoms with Gasteiger partial charge in [-0.25, -0.2) is 13.1 Å². The molecule has 7 rings (SSSR count). The van der Waals surface area contributed by atoms with Crippen LogP contribution in [-0.4, -0.2) is 96.7 Å². The maximum absolute atomic E-state index is 13.6. The summed E-state index contributed by atoms with van der Waals surface area (Å²) in [5, 5.41) is 0.730. The minimum absolute atomic E-state index is 0.0100. The Labute approximate surface area is 295 Å². The lowest BCUT2D eigenvalue weighted by Crippen LogP contribution is -2.53. The second kappa shape index (κ2) is 13.8. The van der Waals surface area contributed by atoms with Crippen LogP contribution in [0, 0.1) is 11.8 Å². The van der Waals surface area contributed by atoms with Crippen molar-refractivity contribution in [3.05, 3.63) is 64.7 Å². The molecule has 3 heterocycles. The minimum atomic E-state index is -4.20. The molecule has 1 N–H and O–H groups in total. The van der Waals surface area contributed by atoms with E-state index in [1.807, 2.05) is 12.1 Å². The molecule has 49 heavy (non-hydrogen) atoms. The quantitative estimate of drug-likeness (QED) is 0.441. The molecular weight excluding hydrogens is 666 g/mol. The number of hydrogen-bond donors (Lipinski definition) is 1. The van der Waals surface area contributed by atoms with Crippen LogP contribution in [0.2, 0.25) is 5.02 Å². The fraction of sp³-hybridized carbons (Fsp3) is 0.595. The van der Waals surface area contributed by atoms with E-state index in [1.165, 1.54) is 17.2 Å². The van der Waals surface area contributed by atoms with Gasteiger partial charge in [0.15, 0.2) is 0 Å². The summed E-state index contributed by atoms with van der Waals surface area (Å²) in [6.45, 7) is 8.45. The van der Waals surface area contributed by atoms with Crippen LogP contribution < -0.4 is 14.4 Å². The molecule has 2 aliphatic carbocycles. The SMILES string of the molecule is COC1CN(CCO[C@H]2/C=C/COC(C)(C)C(=O)NS(=O)(=O)c3ccc4c(c3)N(C[C@@H]3CC[C@H]32)C[C@@]2(CCCc3cc(Cl)ccc32)CO4)C1. The van der Waals surface area contributed by atoms with Gasteiger partial charge in [-0.15, -0.1) is 0 Å². The van der Waals surface area contributed by atoms with Crippen molar-refractivity contribution in [2.24, 2.45) is 11.8 Å². The molecule has 2 aromatic carbocycles. The lowest BCUT2D eigenvalue weighted by atomic mass is 9.68. The summed E-state index contributed by atoms with van der Waals surface area (Å²) in [5.41, 5.74) is 1.54. The van der Waals surface area contributed by atoms with Crippen molar-refractivity contribution in [3.63, 3.8) is 0 Å². The van der Waals surface area contributed by atoms with Crippen LogP contribution in [0.25, 0.3) is 0 Å². The number of nitrogens with zero attached hydrogens (tertiary/aromatic N) is 2. The predicted octanol–water partition coefficient (Wildman–Crippen LogP) is 4.73. The molecular formula is C37H48ClN3O7S. The van der Waals surface area contributed by atoms with Gasteiger partial charge in [0, 0.05) is 50.3 Å². The topological polar surface area (TPSA) is 107 Å². The van der Waals surface area contributed by atoms with Crippen molar-refractivity contribution < 1.29 is 32.2 Å². The smallest absolute Gasteiger partial charge is 0.265 e. The number of rotatable bonds is 5.